The summed E-state index contributed by atoms with van der Waals surface area (Å²) in [5.74, 6) is 0. The first-order valence-electron chi connectivity index (χ1n) is 8.37. The Morgan fingerprint density at radius 3 is 2.00 bits per heavy atom. The first kappa shape index (κ1) is 16.3. The third kappa shape index (κ3) is 2.77. The van der Waals surface area contributed by atoms with E-state index in [-0.39, 0.29) is 16.7 Å². The zero-order valence-corrected chi connectivity index (χ0v) is 14.2. The Bertz CT molecular complexity index is 332. The van der Waals surface area contributed by atoms with Gasteiger partial charge in [-0.15, -0.1) is 0 Å². The van der Waals surface area contributed by atoms with Gasteiger partial charge < -0.3 is 10.5 Å². The Kier molecular flexibility index (Phi) is 4.54. The normalized spacial score (nSPS) is 34.4. The Hall–Kier alpha value is -0.120. The number of ether oxygens (including phenoxy) is 1. The van der Waals surface area contributed by atoms with Gasteiger partial charge in [0.25, 0.3) is 0 Å². The number of hydrogen-bond donors (Lipinski definition) is 1. The van der Waals surface area contributed by atoms with Gasteiger partial charge in [0.05, 0.1) is 16.7 Å². The second kappa shape index (κ2) is 5.58. The Morgan fingerprint density at radius 2 is 1.60 bits per heavy atom. The van der Waals surface area contributed by atoms with Crippen molar-refractivity contribution in [3.8, 4) is 0 Å². The van der Waals surface area contributed by atoms with Gasteiger partial charge in [0.15, 0.2) is 0 Å². The summed E-state index contributed by atoms with van der Waals surface area (Å²) in [6.07, 6.45) is 9.16. The van der Waals surface area contributed by atoms with Crippen molar-refractivity contribution < 1.29 is 4.74 Å². The predicted molar refractivity (Wildman–Crippen MR) is 84.9 cm³/mol. The lowest BCUT2D eigenvalue weighted by Crippen LogP contribution is -2.64. The highest BCUT2D eigenvalue weighted by Gasteiger charge is 2.59. The van der Waals surface area contributed by atoms with E-state index in [1.165, 1.54) is 38.5 Å². The molecule has 0 aromatic rings. The third-order valence-corrected chi connectivity index (χ3v) is 5.76. The molecule has 1 heterocycles. The molecule has 0 aromatic heterocycles. The van der Waals surface area contributed by atoms with E-state index in [1.54, 1.807) is 0 Å². The highest BCUT2D eigenvalue weighted by atomic mass is 16.5. The van der Waals surface area contributed by atoms with Gasteiger partial charge in [-0.05, 0) is 54.0 Å². The summed E-state index contributed by atoms with van der Waals surface area (Å²) in [6.45, 7) is 9.53. The van der Waals surface area contributed by atoms with Gasteiger partial charge in [0, 0.05) is 12.6 Å². The van der Waals surface area contributed by atoms with Crippen LogP contribution in [0.5, 0.6) is 0 Å². The molecule has 2 aliphatic rings. The van der Waals surface area contributed by atoms with Gasteiger partial charge in [-0.1, -0.05) is 25.7 Å². The van der Waals surface area contributed by atoms with Crippen molar-refractivity contribution in [1.29, 1.82) is 0 Å². The molecule has 3 nitrogen and oxygen atoms in total. The van der Waals surface area contributed by atoms with Crippen molar-refractivity contribution in [3.63, 3.8) is 0 Å². The smallest absolute Gasteiger partial charge is 0.0830 e. The van der Waals surface area contributed by atoms with Crippen LogP contribution in [0.1, 0.15) is 72.6 Å². The average molecular weight is 282 g/mol. The Morgan fingerprint density at radius 1 is 1.05 bits per heavy atom. The van der Waals surface area contributed by atoms with Crippen molar-refractivity contribution in [1.82, 2.24) is 4.90 Å². The van der Waals surface area contributed by atoms with Crippen molar-refractivity contribution in [2.24, 2.45) is 5.73 Å². The van der Waals surface area contributed by atoms with Crippen molar-refractivity contribution in [3.05, 3.63) is 0 Å². The van der Waals surface area contributed by atoms with Crippen LogP contribution in [0.15, 0.2) is 0 Å². The van der Waals surface area contributed by atoms with Crippen LogP contribution in [0.25, 0.3) is 0 Å². The van der Waals surface area contributed by atoms with E-state index in [0.717, 1.165) is 6.42 Å². The van der Waals surface area contributed by atoms with Gasteiger partial charge in [-0.3, -0.25) is 4.90 Å². The van der Waals surface area contributed by atoms with Crippen LogP contribution in [0, 0.1) is 0 Å². The molecule has 0 spiro atoms. The zero-order valence-electron chi connectivity index (χ0n) is 14.2. The predicted octanol–water partition coefficient (Wildman–Crippen LogP) is 3.32. The molecule has 2 rings (SSSR count). The first-order valence-corrected chi connectivity index (χ1v) is 8.37. The number of hydrogen-bond acceptors (Lipinski definition) is 3. The summed E-state index contributed by atoms with van der Waals surface area (Å²) < 4.78 is 6.36. The molecule has 2 fully saturated rings. The molecule has 1 saturated carbocycles. The van der Waals surface area contributed by atoms with Gasteiger partial charge in [0.1, 0.15) is 0 Å². The fraction of sp³-hybridized carbons (Fsp3) is 1.00. The minimum atomic E-state index is -0.188. The lowest BCUT2D eigenvalue weighted by Gasteiger charge is -2.49. The molecule has 20 heavy (non-hydrogen) atoms. The zero-order chi connectivity index (χ0) is 15.0. The molecular weight excluding hydrogens is 248 g/mol. The standard InChI is InChI=1S/C17H34N2O/c1-15(2)12-17(13-18,16(3,4)20-15)19(5)14-10-8-6-7-9-11-14/h14H,6-13,18H2,1-5H3. The second-order valence-electron chi connectivity index (χ2n) is 8.04. The summed E-state index contributed by atoms with van der Waals surface area (Å²) in [6, 6.07) is 0.665. The number of rotatable bonds is 3. The van der Waals surface area contributed by atoms with E-state index >= 15 is 0 Å². The van der Waals surface area contributed by atoms with Gasteiger partial charge in [0.2, 0.25) is 0 Å². The van der Waals surface area contributed by atoms with E-state index in [1.807, 2.05) is 0 Å². The van der Waals surface area contributed by atoms with E-state index in [4.69, 9.17) is 10.5 Å². The van der Waals surface area contributed by atoms with Crippen LogP contribution in [0.4, 0.5) is 0 Å². The first-order chi connectivity index (χ1) is 9.24. The monoisotopic (exact) mass is 282 g/mol. The van der Waals surface area contributed by atoms with Gasteiger partial charge in [-0.25, -0.2) is 0 Å². The van der Waals surface area contributed by atoms with Crippen LogP contribution in [-0.4, -0.2) is 41.3 Å². The molecule has 3 heteroatoms. The molecule has 1 saturated heterocycles. The number of likely N-dealkylation sites (N-methyl/N-ethyl adjacent to an activating group) is 1. The summed E-state index contributed by atoms with van der Waals surface area (Å²) in [5, 5.41) is 0. The lowest BCUT2D eigenvalue weighted by molar-refractivity contribution is -0.107. The summed E-state index contributed by atoms with van der Waals surface area (Å²) >= 11 is 0. The Balaban J connectivity index is 2.25. The van der Waals surface area contributed by atoms with Gasteiger partial charge >= 0.3 is 0 Å². The van der Waals surface area contributed by atoms with Crippen LogP contribution in [-0.2, 0) is 4.74 Å². The molecule has 0 amide bonds. The Labute approximate surface area is 125 Å². The van der Waals surface area contributed by atoms with Crippen molar-refractivity contribution in [2.45, 2.75) is 95.4 Å². The maximum Gasteiger partial charge on any atom is 0.0830 e. The molecular formula is C17H34N2O. The number of nitrogens with zero attached hydrogens (tertiary/aromatic N) is 1. The van der Waals surface area contributed by atoms with E-state index in [9.17, 15) is 0 Å². The van der Waals surface area contributed by atoms with Crippen LogP contribution in [0.2, 0.25) is 0 Å². The topological polar surface area (TPSA) is 38.5 Å². The van der Waals surface area contributed by atoms with E-state index < -0.39 is 0 Å². The minimum absolute atomic E-state index is 0.0362. The summed E-state index contributed by atoms with van der Waals surface area (Å²) in [5.41, 5.74) is 5.98. The average Bonchev–Trinajstić information content (AvgIpc) is 2.54. The maximum atomic E-state index is 6.36. The van der Waals surface area contributed by atoms with Crippen LogP contribution in [0.3, 0.4) is 0 Å². The molecule has 1 aliphatic carbocycles. The molecule has 2 N–H and O–H groups in total. The lowest BCUT2D eigenvalue weighted by atomic mass is 9.76. The fourth-order valence-electron chi connectivity index (χ4n) is 4.74. The summed E-state index contributed by atoms with van der Waals surface area (Å²) in [7, 11) is 2.29. The SMILES string of the molecule is CN(C1CCCCCC1)C1(CN)CC(C)(C)OC1(C)C. The molecule has 0 radical (unpaired) electrons. The molecule has 0 aromatic carbocycles. The van der Waals surface area contributed by atoms with Gasteiger partial charge in [-0.2, -0.15) is 0 Å². The largest absolute Gasteiger partial charge is 0.368 e. The summed E-state index contributed by atoms with van der Waals surface area (Å²) in [4.78, 5) is 2.59. The molecule has 1 atom stereocenters. The van der Waals surface area contributed by atoms with Crippen molar-refractivity contribution >= 4 is 0 Å². The van der Waals surface area contributed by atoms with Crippen molar-refractivity contribution in [2.75, 3.05) is 13.6 Å². The fourth-order valence-corrected chi connectivity index (χ4v) is 4.74. The molecule has 0 bridgehead atoms. The molecule has 1 unspecified atom stereocenters. The third-order valence-electron chi connectivity index (χ3n) is 5.76. The highest BCUT2D eigenvalue weighted by molar-refractivity contribution is 5.13. The van der Waals surface area contributed by atoms with E-state index in [0.29, 0.717) is 12.6 Å². The van der Waals surface area contributed by atoms with Crippen LogP contribution >= 0.6 is 0 Å². The highest BCUT2D eigenvalue weighted by Crippen LogP contribution is 2.48. The van der Waals surface area contributed by atoms with E-state index in [2.05, 4.69) is 39.6 Å². The minimum Gasteiger partial charge on any atom is -0.368 e. The second-order valence-corrected chi connectivity index (χ2v) is 8.04. The maximum absolute atomic E-state index is 6.36. The molecule has 118 valence electrons. The van der Waals surface area contributed by atoms with Crippen LogP contribution < -0.4 is 5.73 Å². The quantitative estimate of drug-likeness (QED) is 0.807. The number of nitrogens with two attached hydrogens (primary N) is 1. The molecule has 1 aliphatic heterocycles.